The van der Waals surface area contributed by atoms with E-state index in [2.05, 4.69) is 9.26 Å². The number of hydrogen-bond acceptors (Lipinski definition) is 4. The van der Waals surface area contributed by atoms with Crippen molar-refractivity contribution in [1.29, 1.82) is 0 Å². The van der Waals surface area contributed by atoms with Crippen LogP contribution in [0.5, 0.6) is 0 Å². The smallest absolute Gasteiger partial charge is 0.306 e. The molecule has 0 aromatic rings. The average molecular weight is 176 g/mol. The van der Waals surface area contributed by atoms with E-state index in [0.29, 0.717) is 0 Å². The number of hydrogen-bond donors (Lipinski definition) is 0. The highest BCUT2D eigenvalue weighted by Gasteiger charge is 2.15. The third-order valence-corrected chi connectivity index (χ3v) is 2.39. The van der Waals surface area contributed by atoms with Gasteiger partial charge in [-0.1, -0.05) is 0 Å². The Balaban J connectivity index is 2.46. The molecule has 0 aromatic carbocycles. The first kappa shape index (κ1) is 8.67. The average Bonchev–Trinajstić information content (AvgIpc) is 1.93. The summed E-state index contributed by atoms with van der Waals surface area (Å²) in [7, 11) is -0.186. The van der Waals surface area contributed by atoms with Crippen LogP contribution in [0.15, 0.2) is 4.36 Å². The third kappa shape index (κ3) is 2.98. The Labute approximate surface area is 67.9 Å². The lowest BCUT2D eigenvalue weighted by Crippen LogP contribution is -2.31. The van der Waals surface area contributed by atoms with E-state index in [1.807, 2.05) is 7.05 Å². The molecule has 1 heterocycles. The fraction of sp³-hybridized carbons (Fsp3) is 1.00. The van der Waals surface area contributed by atoms with Crippen LogP contribution < -0.4 is 0 Å². The maximum Gasteiger partial charge on any atom is 0.311 e. The van der Waals surface area contributed by atoms with E-state index in [1.165, 1.54) is 0 Å². The van der Waals surface area contributed by atoms with Crippen molar-refractivity contribution in [3.63, 3.8) is 0 Å². The molecule has 0 bridgehead atoms. The number of piperidine rings is 1. The molecule has 0 spiro atoms. The van der Waals surface area contributed by atoms with Gasteiger partial charge in [-0.3, -0.25) is 0 Å². The second-order valence-electron chi connectivity index (χ2n) is 2.86. The quantitative estimate of drug-likeness (QED) is 0.571. The lowest BCUT2D eigenvalue weighted by atomic mass is 10.1. The first-order chi connectivity index (χ1) is 5.18. The van der Waals surface area contributed by atoms with Crippen LogP contribution in [0.1, 0.15) is 12.8 Å². The van der Waals surface area contributed by atoms with Gasteiger partial charge < -0.3 is 4.90 Å². The molecule has 1 aliphatic rings. The van der Waals surface area contributed by atoms with E-state index in [9.17, 15) is 8.42 Å². The molecule has 1 aliphatic heterocycles. The Bertz CT molecular complexity index is 231. The molecule has 4 nitrogen and oxygen atoms in total. The standard InChI is InChI=1S/C6H12N2O2S/c1-8-4-2-6(3-5-8)7-11(9)10/h6H,2-5H2,1H3. The highest BCUT2D eigenvalue weighted by molar-refractivity contribution is 7.61. The molecule has 0 saturated carbocycles. The Hall–Kier alpha value is -0.420. The monoisotopic (exact) mass is 176 g/mol. The second kappa shape index (κ2) is 3.82. The van der Waals surface area contributed by atoms with Gasteiger partial charge in [0.15, 0.2) is 0 Å². The van der Waals surface area contributed by atoms with Gasteiger partial charge in [-0.25, -0.2) is 0 Å². The minimum atomic E-state index is -2.22. The largest absolute Gasteiger partial charge is 0.311 e. The Kier molecular flexibility index (Phi) is 3.02. The molecule has 0 N–H and O–H groups in total. The molecule has 0 atom stereocenters. The van der Waals surface area contributed by atoms with E-state index >= 15 is 0 Å². The minimum absolute atomic E-state index is 0.0320. The molecule has 0 aliphatic carbocycles. The fourth-order valence-corrected chi connectivity index (χ4v) is 1.68. The summed E-state index contributed by atoms with van der Waals surface area (Å²) in [4.78, 5) is 2.18. The van der Waals surface area contributed by atoms with E-state index in [1.54, 1.807) is 0 Å². The molecule has 11 heavy (non-hydrogen) atoms. The molecule has 0 aromatic heterocycles. The molecule has 0 radical (unpaired) electrons. The second-order valence-corrected chi connectivity index (χ2v) is 3.50. The van der Waals surface area contributed by atoms with E-state index in [4.69, 9.17) is 0 Å². The van der Waals surface area contributed by atoms with Crippen LogP contribution in [0.25, 0.3) is 0 Å². The summed E-state index contributed by atoms with van der Waals surface area (Å²) >= 11 is 0. The predicted molar refractivity (Wildman–Crippen MR) is 41.9 cm³/mol. The molecule has 1 rings (SSSR count). The van der Waals surface area contributed by atoms with E-state index in [0.717, 1.165) is 25.9 Å². The van der Waals surface area contributed by atoms with Crippen LogP contribution in [-0.4, -0.2) is 39.5 Å². The van der Waals surface area contributed by atoms with Crippen molar-refractivity contribution in [2.45, 2.75) is 18.9 Å². The number of likely N-dealkylation sites (tertiary alicyclic amines) is 1. The SMILES string of the molecule is CN1CCC(N=S(=O)=O)CC1. The Morgan fingerprint density at radius 2 is 1.91 bits per heavy atom. The first-order valence-electron chi connectivity index (χ1n) is 3.67. The molecule has 1 fully saturated rings. The van der Waals surface area contributed by atoms with Gasteiger partial charge in [-0.15, -0.1) is 0 Å². The minimum Gasteiger partial charge on any atom is -0.306 e. The van der Waals surface area contributed by atoms with Gasteiger partial charge in [-0.2, -0.15) is 12.8 Å². The number of rotatable bonds is 1. The summed E-state index contributed by atoms with van der Waals surface area (Å²) in [5.74, 6) is 0. The molecule has 0 amide bonds. The van der Waals surface area contributed by atoms with Crippen molar-refractivity contribution in [3.05, 3.63) is 0 Å². The highest BCUT2D eigenvalue weighted by Crippen LogP contribution is 2.11. The Morgan fingerprint density at radius 3 is 2.36 bits per heavy atom. The van der Waals surface area contributed by atoms with Gasteiger partial charge >= 0.3 is 10.5 Å². The van der Waals surface area contributed by atoms with Crippen molar-refractivity contribution >= 4 is 10.5 Å². The van der Waals surface area contributed by atoms with E-state index in [-0.39, 0.29) is 6.04 Å². The van der Waals surface area contributed by atoms with Crippen LogP contribution in [-0.2, 0) is 10.5 Å². The summed E-state index contributed by atoms with van der Waals surface area (Å²) in [6, 6.07) is 0.0320. The van der Waals surface area contributed by atoms with Gasteiger partial charge in [0.05, 0.1) is 6.04 Å². The summed E-state index contributed by atoms with van der Waals surface area (Å²) in [5, 5.41) is 0. The third-order valence-electron chi connectivity index (χ3n) is 1.92. The summed E-state index contributed by atoms with van der Waals surface area (Å²) in [5.41, 5.74) is 0. The van der Waals surface area contributed by atoms with Gasteiger partial charge in [0, 0.05) is 0 Å². The Morgan fingerprint density at radius 1 is 1.36 bits per heavy atom. The van der Waals surface area contributed by atoms with Crippen molar-refractivity contribution in [2.24, 2.45) is 4.36 Å². The predicted octanol–water partition coefficient (Wildman–Crippen LogP) is 0.143. The normalized spacial score (nSPS) is 21.5. The van der Waals surface area contributed by atoms with Crippen molar-refractivity contribution in [1.82, 2.24) is 4.90 Å². The lowest BCUT2D eigenvalue weighted by molar-refractivity contribution is 0.258. The van der Waals surface area contributed by atoms with Crippen LogP contribution >= 0.6 is 0 Å². The van der Waals surface area contributed by atoms with Crippen molar-refractivity contribution in [2.75, 3.05) is 20.1 Å². The van der Waals surface area contributed by atoms with E-state index < -0.39 is 10.5 Å². The zero-order chi connectivity index (χ0) is 8.27. The molecule has 0 unspecified atom stereocenters. The molecule has 64 valence electrons. The first-order valence-corrected chi connectivity index (χ1v) is 4.70. The summed E-state index contributed by atoms with van der Waals surface area (Å²) in [6.07, 6.45) is 1.73. The lowest BCUT2D eigenvalue weighted by Gasteiger charge is -2.25. The highest BCUT2D eigenvalue weighted by atomic mass is 32.2. The molecular formula is C6H12N2O2S. The topological polar surface area (TPSA) is 49.7 Å². The van der Waals surface area contributed by atoms with Crippen LogP contribution in [0, 0.1) is 0 Å². The zero-order valence-electron chi connectivity index (χ0n) is 6.52. The molecule has 5 heteroatoms. The maximum absolute atomic E-state index is 10.2. The van der Waals surface area contributed by atoms with Crippen LogP contribution in [0.3, 0.4) is 0 Å². The van der Waals surface area contributed by atoms with Gasteiger partial charge in [0.1, 0.15) is 0 Å². The summed E-state index contributed by atoms with van der Waals surface area (Å²) < 4.78 is 23.9. The fourth-order valence-electron chi connectivity index (χ4n) is 1.22. The molecular weight excluding hydrogens is 164 g/mol. The van der Waals surface area contributed by atoms with Gasteiger partial charge in [-0.05, 0) is 33.0 Å². The summed E-state index contributed by atoms with van der Waals surface area (Å²) in [6.45, 7) is 1.90. The zero-order valence-corrected chi connectivity index (χ0v) is 7.34. The molecule has 1 saturated heterocycles. The van der Waals surface area contributed by atoms with Crippen LogP contribution in [0.2, 0.25) is 0 Å². The van der Waals surface area contributed by atoms with Crippen molar-refractivity contribution < 1.29 is 8.42 Å². The maximum atomic E-state index is 10.2. The van der Waals surface area contributed by atoms with Gasteiger partial charge in [0.25, 0.3) is 0 Å². The van der Waals surface area contributed by atoms with Gasteiger partial charge in [0.2, 0.25) is 0 Å². The van der Waals surface area contributed by atoms with Crippen molar-refractivity contribution in [3.8, 4) is 0 Å². The van der Waals surface area contributed by atoms with Crippen LogP contribution in [0.4, 0.5) is 0 Å². The number of nitrogens with zero attached hydrogens (tertiary/aromatic N) is 2.